The topological polar surface area (TPSA) is 49.9 Å². The molecular formula is C15H20N2O3S. The van der Waals surface area contributed by atoms with Gasteiger partial charge in [0.25, 0.3) is 0 Å². The summed E-state index contributed by atoms with van der Waals surface area (Å²) in [6.07, 6.45) is 3.15. The fraction of sp³-hybridized carbons (Fsp3) is 0.600. The van der Waals surface area contributed by atoms with E-state index in [1.807, 2.05) is 12.1 Å². The van der Waals surface area contributed by atoms with Crippen LogP contribution >= 0.6 is 0 Å². The first-order valence-electron chi connectivity index (χ1n) is 7.63. The van der Waals surface area contributed by atoms with Gasteiger partial charge in [0.1, 0.15) is 16.7 Å². The first-order chi connectivity index (χ1) is 10.1. The Labute approximate surface area is 125 Å². The Morgan fingerprint density at radius 1 is 1.24 bits per heavy atom. The molecule has 3 heterocycles. The zero-order valence-electron chi connectivity index (χ0n) is 12.2. The third-order valence-electron chi connectivity index (χ3n) is 4.83. The Morgan fingerprint density at radius 3 is 2.86 bits per heavy atom. The second-order valence-corrected chi connectivity index (χ2v) is 8.11. The molecule has 3 atom stereocenters. The molecule has 3 aliphatic rings. The molecule has 1 unspecified atom stereocenters. The number of ether oxygens (including phenoxy) is 1. The summed E-state index contributed by atoms with van der Waals surface area (Å²) in [5.41, 5.74) is 1.07. The van der Waals surface area contributed by atoms with E-state index in [-0.39, 0.29) is 6.10 Å². The Morgan fingerprint density at radius 2 is 2.10 bits per heavy atom. The van der Waals surface area contributed by atoms with Crippen LogP contribution in [0, 0.1) is 0 Å². The van der Waals surface area contributed by atoms with E-state index < -0.39 is 10.0 Å². The van der Waals surface area contributed by atoms with Crippen LogP contribution in [0.4, 0.5) is 5.69 Å². The molecule has 0 aliphatic carbocycles. The molecule has 2 bridgehead atoms. The SMILES string of the molecule is C[C@H]1CCCN1c1ccc2c(c1)O[C@H]1CCN(C1)S2(=O)=O. The number of hydrogen-bond acceptors (Lipinski definition) is 4. The molecule has 0 spiro atoms. The van der Waals surface area contributed by atoms with Gasteiger partial charge in [0.15, 0.2) is 0 Å². The maximum atomic E-state index is 12.6. The lowest BCUT2D eigenvalue weighted by molar-refractivity contribution is 0.215. The highest BCUT2D eigenvalue weighted by molar-refractivity contribution is 7.89. The molecule has 114 valence electrons. The van der Waals surface area contributed by atoms with E-state index >= 15 is 0 Å². The van der Waals surface area contributed by atoms with Gasteiger partial charge in [-0.3, -0.25) is 0 Å². The van der Waals surface area contributed by atoms with Crippen molar-refractivity contribution >= 4 is 15.7 Å². The Hall–Kier alpha value is -1.27. The van der Waals surface area contributed by atoms with Crippen molar-refractivity contribution in [1.29, 1.82) is 0 Å². The first kappa shape index (κ1) is 13.4. The average molecular weight is 308 g/mol. The first-order valence-corrected chi connectivity index (χ1v) is 9.07. The van der Waals surface area contributed by atoms with Gasteiger partial charge in [-0.05, 0) is 38.3 Å². The lowest BCUT2D eigenvalue weighted by Gasteiger charge is -2.25. The quantitative estimate of drug-likeness (QED) is 0.794. The highest BCUT2D eigenvalue weighted by Gasteiger charge is 2.39. The summed E-state index contributed by atoms with van der Waals surface area (Å²) in [4.78, 5) is 2.65. The summed E-state index contributed by atoms with van der Waals surface area (Å²) in [7, 11) is -3.39. The minimum Gasteiger partial charge on any atom is -0.487 e. The molecule has 3 aliphatic heterocycles. The van der Waals surface area contributed by atoms with Gasteiger partial charge in [0, 0.05) is 30.9 Å². The summed E-state index contributed by atoms with van der Waals surface area (Å²) >= 11 is 0. The predicted octanol–water partition coefficient (Wildman–Crippen LogP) is 1.83. The van der Waals surface area contributed by atoms with Crippen molar-refractivity contribution in [3.8, 4) is 5.75 Å². The summed E-state index contributed by atoms with van der Waals surface area (Å²) in [5.74, 6) is 0.527. The maximum Gasteiger partial charge on any atom is 0.246 e. The normalized spacial score (nSPS) is 33.4. The van der Waals surface area contributed by atoms with Gasteiger partial charge in [-0.25, -0.2) is 8.42 Å². The number of anilines is 1. The van der Waals surface area contributed by atoms with Crippen LogP contribution in [0.15, 0.2) is 23.1 Å². The molecule has 21 heavy (non-hydrogen) atoms. The van der Waals surface area contributed by atoms with E-state index in [0.29, 0.717) is 29.8 Å². The average Bonchev–Trinajstić information content (AvgIpc) is 3.05. The standard InChI is InChI=1S/C15H20N2O3S/c1-11-3-2-7-17(11)12-4-5-15-14(9-12)20-13-6-8-16(10-13)21(15,18)19/h4-5,9,11,13H,2-3,6-8,10H2,1H3/t11-,13-/m0/s1. The highest BCUT2D eigenvalue weighted by atomic mass is 32.2. The van der Waals surface area contributed by atoms with Crippen LogP contribution in [0.2, 0.25) is 0 Å². The number of hydrogen-bond donors (Lipinski definition) is 0. The molecule has 0 saturated carbocycles. The summed E-state index contributed by atoms with van der Waals surface area (Å²) < 4.78 is 32.7. The molecule has 6 heteroatoms. The van der Waals surface area contributed by atoms with Gasteiger partial charge in [-0.2, -0.15) is 4.31 Å². The van der Waals surface area contributed by atoms with Gasteiger partial charge in [0.05, 0.1) is 6.54 Å². The second-order valence-electron chi connectivity index (χ2n) is 6.21. The van der Waals surface area contributed by atoms with Crippen LogP contribution in [0.3, 0.4) is 0 Å². The Bertz CT molecular complexity index is 673. The Kier molecular flexibility index (Phi) is 2.94. The van der Waals surface area contributed by atoms with E-state index in [9.17, 15) is 8.42 Å². The number of fused-ring (bicyclic) bond motifs is 3. The number of sulfonamides is 1. The molecule has 5 nitrogen and oxygen atoms in total. The van der Waals surface area contributed by atoms with Crippen LogP contribution in [-0.4, -0.2) is 44.5 Å². The Balaban J connectivity index is 1.78. The highest BCUT2D eigenvalue weighted by Crippen LogP contribution is 2.38. The fourth-order valence-corrected chi connectivity index (χ4v) is 5.22. The van der Waals surface area contributed by atoms with Crippen LogP contribution in [0.25, 0.3) is 0 Å². The summed E-state index contributed by atoms with van der Waals surface area (Å²) in [6, 6.07) is 6.05. The van der Waals surface area contributed by atoms with Crippen molar-refractivity contribution in [2.45, 2.75) is 43.2 Å². The molecule has 0 N–H and O–H groups in total. The van der Waals surface area contributed by atoms with Crippen molar-refractivity contribution in [2.75, 3.05) is 24.5 Å². The van der Waals surface area contributed by atoms with Gasteiger partial charge in [-0.15, -0.1) is 0 Å². The van der Waals surface area contributed by atoms with Crippen LogP contribution in [-0.2, 0) is 10.0 Å². The lowest BCUT2D eigenvalue weighted by atomic mass is 10.2. The minimum absolute atomic E-state index is 0.00715. The third kappa shape index (κ3) is 2.04. The van der Waals surface area contributed by atoms with Crippen molar-refractivity contribution < 1.29 is 13.2 Å². The van der Waals surface area contributed by atoms with Gasteiger partial charge in [-0.1, -0.05) is 0 Å². The van der Waals surface area contributed by atoms with Gasteiger partial charge in [0.2, 0.25) is 10.0 Å². The van der Waals surface area contributed by atoms with Crippen molar-refractivity contribution in [1.82, 2.24) is 4.31 Å². The molecule has 2 fully saturated rings. The number of nitrogens with zero attached hydrogens (tertiary/aromatic N) is 2. The van der Waals surface area contributed by atoms with E-state index in [0.717, 1.165) is 18.7 Å². The second kappa shape index (κ2) is 4.61. The van der Waals surface area contributed by atoms with E-state index in [2.05, 4.69) is 11.8 Å². The van der Waals surface area contributed by atoms with E-state index in [1.165, 1.54) is 12.8 Å². The third-order valence-corrected chi connectivity index (χ3v) is 6.74. The zero-order chi connectivity index (χ0) is 14.6. The van der Waals surface area contributed by atoms with Crippen molar-refractivity contribution in [3.05, 3.63) is 18.2 Å². The lowest BCUT2D eigenvalue weighted by Crippen LogP contribution is -2.28. The smallest absolute Gasteiger partial charge is 0.246 e. The van der Waals surface area contributed by atoms with Crippen molar-refractivity contribution in [2.24, 2.45) is 0 Å². The van der Waals surface area contributed by atoms with E-state index in [1.54, 1.807) is 10.4 Å². The van der Waals surface area contributed by atoms with Crippen LogP contribution in [0.5, 0.6) is 5.75 Å². The fourth-order valence-electron chi connectivity index (χ4n) is 3.63. The van der Waals surface area contributed by atoms with Crippen molar-refractivity contribution in [3.63, 3.8) is 0 Å². The number of rotatable bonds is 1. The molecule has 0 amide bonds. The van der Waals surface area contributed by atoms with Gasteiger partial charge >= 0.3 is 0 Å². The van der Waals surface area contributed by atoms with Crippen LogP contribution < -0.4 is 9.64 Å². The molecular weight excluding hydrogens is 288 g/mol. The molecule has 4 rings (SSSR count). The largest absolute Gasteiger partial charge is 0.487 e. The van der Waals surface area contributed by atoms with E-state index in [4.69, 9.17) is 4.74 Å². The predicted molar refractivity (Wildman–Crippen MR) is 80.3 cm³/mol. The maximum absolute atomic E-state index is 12.6. The number of benzene rings is 1. The monoisotopic (exact) mass is 308 g/mol. The van der Waals surface area contributed by atoms with Gasteiger partial charge < -0.3 is 9.64 Å². The summed E-state index contributed by atoms with van der Waals surface area (Å²) in [6.45, 7) is 4.29. The van der Waals surface area contributed by atoms with Crippen LogP contribution in [0.1, 0.15) is 26.2 Å². The minimum atomic E-state index is -3.39. The molecule has 2 saturated heterocycles. The zero-order valence-corrected chi connectivity index (χ0v) is 13.0. The molecule has 1 aromatic carbocycles. The summed E-state index contributed by atoms with van der Waals surface area (Å²) in [5, 5.41) is 0. The molecule has 0 radical (unpaired) electrons. The molecule has 1 aromatic rings. The molecule has 0 aromatic heterocycles.